The predicted molar refractivity (Wildman–Crippen MR) is 72.3 cm³/mol. The Hall–Kier alpha value is -1.54. The molecule has 0 spiro atoms. The molecule has 5 nitrogen and oxygen atoms in total. The summed E-state index contributed by atoms with van der Waals surface area (Å²) in [6.07, 6.45) is 0.0323. The minimum atomic E-state index is -4.47. The summed E-state index contributed by atoms with van der Waals surface area (Å²) in [4.78, 5) is 10.2. The van der Waals surface area contributed by atoms with Gasteiger partial charge in [-0.25, -0.2) is 17.2 Å². The highest BCUT2D eigenvalue weighted by molar-refractivity contribution is 7.89. The molecule has 1 rings (SSSR count). The minimum Gasteiger partial charge on any atom is -0.480 e. The minimum absolute atomic E-state index is 0.0323. The summed E-state index contributed by atoms with van der Waals surface area (Å²) >= 11 is 0. The fraction of sp³-hybridized carbons (Fsp3) is 0.462. The highest BCUT2D eigenvalue weighted by Gasteiger charge is 2.28. The van der Waals surface area contributed by atoms with Crippen molar-refractivity contribution >= 4 is 16.0 Å². The third-order valence-electron chi connectivity index (χ3n) is 2.81. The molecule has 0 bridgehead atoms. The molecule has 21 heavy (non-hydrogen) atoms. The summed E-state index contributed by atoms with van der Waals surface area (Å²) in [7, 11) is -4.47. The molecule has 0 saturated heterocycles. The molecule has 1 aromatic carbocycles. The van der Waals surface area contributed by atoms with Gasteiger partial charge in [0, 0.05) is 0 Å². The number of aryl methyl sites for hydroxylation is 1. The Balaban J connectivity index is 3.16. The van der Waals surface area contributed by atoms with Gasteiger partial charge >= 0.3 is 5.97 Å². The summed E-state index contributed by atoms with van der Waals surface area (Å²) in [6.45, 7) is 4.73. The summed E-state index contributed by atoms with van der Waals surface area (Å²) < 4.78 is 53.1. The molecule has 0 amide bonds. The lowest BCUT2D eigenvalue weighted by Gasteiger charge is -2.17. The van der Waals surface area contributed by atoms with Crippen LogP contribution in [0.4, 0.5) is 8.78 Å². The summed E-state index contributed by atoms with van der Waals surface area (Å²) in [5.41, 5.74) is -0.0385. The van der Waals surface area contributed by atoms with Crippen LogP contribution in [0.25, 0.3) is 0 Å². The average molecular weight is 321 g/mol. The zero-order chi connectivity index (χ0) is 16.4. The molecule has 0 aliphatic heterocycles. The van der Waals surface area contributed by atoms with Crippen LogP contribution in [0.3, 0.4) is 0 Å². The third kappa shape index (κ3) is 4.47. The molecule has 8 heteroatoms. The Kier molecular flexibility index (Phi) is 5.41. The van der Waals surface area contributed by atoms with Crippen molar-refractivity contribution in [2.75, 3.05) is 0 Å². The van der Waals surface area contributed by atoms with Gasteiger partial charge in [-0.05, 0) is 37.0 Å². The van der Waals surface area contributed by atoms with Crippen LogP contribution >= 0.6 is 0 Å². The van der Waals surface area contributed by atoms with E-state index < -0.39 is 38.6 Å². The zero-order valence-corrected chi connectivity index (χ0v) is 12.7. The molecule has 0 fully saturated rings. The van der Waals surface area contributed by atoms with Crippen LogP contribution < -0.4 is 4.72 Å². The summed E-state index contributed by atoms with van der Waals surface area (Å²) in [5, 5.41) is 9.01. The smallest absolute Gasteiger partial charge is 0.321 e. The van der Waals surface area contributed by atoms with Crippen LogP contribution in [-0.2, 0) is 14.8 Å². The van der Waals surface area contributed by atoms with E-state index >= 15 is 0 Å². The van der Waals surface area contributed by atoms with Crippen molar-refractivity contribution < 1.29 is 27.1 Å². The van der Waals surface area contributed by atoms with E-state index in [-0.39, 0.29) is 17.9 Å². The van der Waals surface area contributed by atoms with Crippen molar-refractivity contribution in [3.63, 3.8) is 0 Å². The predicted octanol–water partition coefficient (Wildman–Crippen LogP) is 2.05. The molecule has 0 aliphatic carbocycles. The third-order valence-corrected chi connectivity index (χ3v) is 4.29. The number of halogens is 2. The summed E-state index contributed by atoms with van der Waals surface area (Å²) in [6, 6.07) is -0.109. The van der Waals surface area contributed by atoms with Gasteiger partial charge in [-0.1, -0.05) is 13.8 Å². The quantitative estimate of drug-likeness (QED) is 0.840. The van der Waals surface area contributed by atoms with Crippen LogP contribution in [0.2, 0.25) is 0 Å². The molecule has 1 atom stereocenters. The first-order chi connectivity index (χ1) is 9.54. The van der Waals surface area contributed by atoms with Crippen LogP contribution in [0.15, 0.2) is 17.0 Å². The van der Waals surface area contributed by atoms with E-state index in [1.54, 1.807) is 13.8 Å². The summed E-state index contributed by atoms with van der Waals surface area (Å²) in [5.74, 6) is -3.48. The monoisotopic (exact) mass is 321 g/mol. The number of sulfonamides is 1. The number of carboxylic acid groups (broad SMARTS) is 1. The topological polar surface area (TPSA) is 83.5 Å². The molecule has 2 N–H and O–H groups in total. The maximum Gasteiger partial charge on any atom is 0.321 e. The molecule has 0 heterocycles. The SMILES string of the molecule is Cc1cc(F)c(S(=O)(=O)N[C@H](CC(C)C)C(=O)O)cc1F. The van der Waals surface area contributed by atoms with Crippen molar-refractivity contribution in [3.05, 3.63) is 29.3 Å². The van der Waals surface area contributed by atoms with Crippen LogP contribution in [0.1, 0.15) is 25.8 Å². The molecule has 0 aliphatic rings. The Morgan fingerprint density at radius 1 is 1.29 bits per heavy atom. The second-order valence-corrected chi connectivity index (χ2v) is 6.86. The number of nitrogens with one attached hydrogen (secondary N) is 1. The number of aliphatic carboxylic acids is 1. The Morgan fingerprint density at radius 2 is 1.86 bits per heavy atom. The maximum absolute atomic E-state index is 13.7. The van der Waals surface area contributed by atoms with E-state index in [0.717, 1.165) is 6.07 Å². The molecule has 1 aromatic rings. The molecule has 0 radical (unpaired) electrons. The van der Waals surface area contributed by atoms with E-state index in [1.807, 2.05) is 4.72 Å². The fourth-order valence-corrected chi connectivity index (χ4v) is 3.03. The van der Waals surface area contributed by atoms with Gasteiger partial charge in [-0.3, -0.25) is 4.79 Å². The highest BCUT2D eigenvalue weighted by atomic mass is 32.2. The Morgan fingerprint density at radius 3 is 2.33 bits per heavy atom. The first kappa shape index (κ1) is 17.5. The van der Waals surface area contributed by atoms with Crippen LogP contribution in [0.5, 0.6) is 0 Å². The van der Waals surface area contributed by atoms with Crippen LogP contribution in [0, 0.1) is 24.5 Å². The van der Waals surface area contributed by atoms with Crippen molar-refractivity contribution in [3.8, 4) is 0 Å². The van der Waals surface area contributed by atoms with E-state index in [2.05, 4.69) is 0 Å². The molecule has 0 aromatic heterocycles. The number of hydrogen-bond donors (Lipinski definition) is 2. The average Bonchev–Trinajstić information content (AvgIpc) is 2.31. The van der Waals surface area contributed by atoms with Crippen molar-refractivity contribution in [1.82, 2.24) is 4.72 Å². The van der Waals surface area contributed by atoms with Gasteiger partial charge in [0.05, 0.1) is 0 Å². The molecule has 118 valence electrons. The zero-order valence-electron chi connectivity index (χ0n) is 11.9. The molecule has 0 saturated carbocycles. The normalized spacial score (nSPS) is 13.4. The maximum atomic E-state index is 13.7. The van der Waals surface area contributed by atoms with E-state index in [1.165, 1.54) is 6.92 Å². The van der Waals surface area contributed by atoms with Crippen molar-refractivity contribution in [2.24, 2.45) is 5.92 Å². The van der Waals surface area contributed by atoms with Gasteiger partial charge in [0.15, 0.2) is 0 Å². The largest absolute Gasteiger partial charge is 0.480 e. The number of carboxylic acids is 1. The number of benzene rings is 1. The van der Waals surface area contributed by atoms with Crippen molar-refractivity contribution in [1.29, 1.82) is 0 Å². The lowest BCUT2D eigenvalue weighted by Crippen LogP contribution is -2.41. The Labute approximate surface area is 122 Å². The first-order valence-corrected chi connectivity index (χ1v) is 7.73. The van der Waals surface area contributed by atoms with Crippen LogP contribution in [-0.4, -0.2) is 25.5 Å². The van der Waals surface area contributed by atoms with Gasteiger partial charge < -0.3 is 5.11 Å². The van der Waals surface area contributed by atoms with Gasteiger partial charge in [-0.2, -0.15) is 4.72 Å². The fourth-order valence-electron chi connectivity index (χ4n) is 1.76. The number of hydrogen-bond acceptors (Lipinski definition) is 3. The highest BCUT2D eigenvalue weighted by Crippen LogP contribution is 2.20. The van der Waals surface area contributed by atoms with Crippen molar-refractivity contribution in [2.45, 2.75) is 38.1 Å². The Bertz CT molecular complexity index is 644. The first-order valence-electron chi connectivity index (χ1n) is 6.25. The second-order valence-electron chi connectivity index (χ2n) is 5.17. The van der Waals surface area contributed by atoms with Gasteiger partial charge in [0.25, 0.3) is 0 Å². The number of carbonyl (C=O) groups is 1. The lowest BCUT2D eigenvalue weighted by molar-refractivity contribution is -0.139. The van der Waals surface area contributed by atoms with Gasteiger partial charge in [-0.15, -0.1) is 0 Å². The van der Waals surface area contributed by atoms with E-state index in [4.69, 9.17) is 5.11 Å². The van der Waals surface area contributed by atoms with Gasteiger partial charge in [0.2, 0.25) is 10.0 Å². The van der Waals surface area contributed by atoms with Gasteiger partial charge in [0.1, 0.15) is 22.6 Å². The number of rotatable bonds is 6. The van der Waals surface area contributed by atoms with E-state index in [9.17, 15) is 22.0 Å². The lowest BCUT2D eigenvalue weighted by atomic mass is 10.1. The molecule has 0 unspecified atom stereocenters. The standard InChI is InChI=1S/C13H17F2NO4S/c1-7(2)4-11(13(17)18)16-21(19,20)12-6-9(14)8(3)5-10(12)15/h5-7,11,16H,4H2,1-3H3,(H,17,18)/t11-/m1/s1. The second kappa shape index (κ2) is 6.48. The molecular weight excluding hydrogens is 304 g/mol. The molecular formula is C13H17F2NO4S. The van der Waals surface area contributed by atoms with E-state index in [0.29, 0.717) is 6.07 Å².